The average molecular weight is 306 g/mol. The monoisotopic (exact) mass is 306 g/mol. The molecular weight excluding hydrogens is 284 g/mol. The molecule has 0 aromatic heterocycles. The Morgan fingerprint density at radius 3 is 2.41 bits per heavy atom. The van der Waals surface area contributed by atoms with Crippen LogP contribution in [0, 0.1) is 0 Å². The first kappa shape index (κ1) is 17.7. The molecule has 1 aromatic rings. The number of hydrogen-bond donors (Lipinski definition) is 2. The molecule has 1 rings (SSSR count). The third kappa shape index (κ3) is 6.39. The van der Waals surface area contributed by atoms with E-state index in [0.29, 0.717) is 13.0 Å². The Morgan fingerprint density at radius 2 is 1.86 bits per heavy atom. The van der Waals surface area contributed by atoms with Crippen LogP contribution in [0.15, 0.2) is 30.3 Å². The van der Waals surface area contributed by atoms with Crippen LogP contribution < -0.4 is 5.32 Å². The summed E-state index contributed by atoms with van der Waals surface area (Å²) in [5.74, 6) is -1.20. The second-order valence-electron chi connectivity index (χ2n) is 5.18. The molecule has 0 aliphatic carbocycles. The zero-order chi connectivity index (χ0) is 16.5. The van der Waals surface area contributed by atoms with Gasteiger partial charge in [0.15, 0.2) is 0 Å². The topological polar surface area (TPSA) is 86.7 Å². The molecule has 0 aliphatic heterocycles. The Balaban J connectivity index is 2.63. The molecule has 0 aliphatic rings. The highest BCUT2D eigenvalue weighted by atomic mass is 16.4. The van der Waals surface area contributed by atoms with Crippen LogP contribution in [0.3, 0.4) is 0 Å². The van der Waals surface area contributed by atoms with Crippen LogP contribution in [0.5, 0.6) is 0 Å². The zero-order valence-corrected chi connectivity index (χ0v) is 12.9. The molecule has 6 heteroatoms. The molecule has 2 amide bonds. The molecule has 1 aromatic carbocycles. The lowest BCUT2D eigenvalue weighted by molar-refractivity contribution is -0.138. The second-order valence-corrected chi connectivity index (χ2v) is 5.18. The van der Waals surface area contributed by atoms with Crippen LogP contribution in [0.2, 0.25) is 0 Å². The van der Waals surface area contributed by atoms with Crippen molar-refractivity contribution in [2.24, 2.45) is 0 Å². The second kappa shape index (κ2) is 8.81. The predicted octanol–water partition coefficient (Wildman–Crippen LogP) is 1.58. The number of amides is 2. The maximum Gasteiger partial charge on any atom is 0.303 e. The van der Waals surface area contributed by atoms with Crippen LogP contribution >= 0.6 is 0 Å². The standard InChI is InChI=1S/C16H22N2O4/c1-12(19)17-14(13-7-4-3-5-8-13)11-15(20)18(2)10-6-9-16(21)22/h3-5,7-8,14H,6,9-11H2,1-2H3,(H,17,19)(H,21,22). The van der Waals surface area contributed by atoms with Crippen LogP contribution in [0.4, 0.5) is 0 Å². The fraction of sp³-hybridized carbons (Fsp3) is 0.438. The van der Waals surface area contributed by atoms with E-state index in [-0.39, 0.29) is 30.7 Å². The van der Waals surface area contributed by atoms with Gasteiger partial charge in [-0.25, -0.2) is 0 Å². The van der Waals surface area contributed by atoms with E-state index in [1.54, 1.807) is 7.05 Å². The number of carbonyl (C=O) groups excluding carboxylic acids is 2. The first-order valence-electron chi connectivity index (χ1n) is 7.18. The van der Waals surface area contributed by atoms with Gasteiger partial charge in [-0.1, -0.05) is 30.3 Å². The lowest BCUT2D eigenvalue weighted by atomic mass is 10.0. The number of nitrogens with one attached hydrogen (secondary N) is 1. The first-order chi connectivity index (χ1) is 10.4. The molecule has 0 radical (unpaired) electrons. The molecule has 22 heavy (non-hydrogen) atoms. The van der Waals surface area contributed by atoms with Crippen LogP contribution in [-0.4, -0.2) is 41.4 Å². The van der Waals surface area contributed by atoms with E-state index in [2.05, 4.69) is 5.32 Å². The average Bonchev–Trinajstić information content (AvgIpc) is 2.46. The molecule has 1 unspecified atom stereocenters. The summed E-state index contributed by atoms with van der Waals surface area (Å²) < 4.78 is 0. The Labute approximate surface area is 130 Å². The van der Waals surface area contributed by atoms with Crippen LogP contribution in [0.25, 0.3) is 0 Å². The summed E-state index contributed by atoms with van der Waals surface area (Å²) in [5.41, 5.74) is 0.866. The van der Waals surface area contributed by atoms with Crippen LogP contribution in [0.1, 0.15) is 37.8 Å². The third-order valence-electron chi connectivity index (χ3n) is 3.27. The summed E-state index contributed by atoms with van der Waals surface area (Å²) in [6.45, 7) is 1.80. The van der Waals surface area contributed by atoms with Crippen molar-refractivity contribution in [3.63, 3.8) is 0 Å². The van der Waals surface area contributed by atoms with Crippen LogP contribution in [-0.2, 0) is 14.4 Å². The molecule has 0 fully saturated rings. The number of carboxylic acid groups (broad SMARTS) is 1. The smallest absolute Gasteiger partial charge is 0.303 e. The van der Waals surface area contributed by atoms with Gasteiger partial charge in [0.05, 0.1) is 12.5 Å². The largest absolute Gasteiger partial charge is 0.481 e. The van der Waals surface area contributed by atoms with Crippen molar-refractivity contribution in [3.8, 4) is 0 Å². The van der Waals surface area contributed by atoms with Gasteiger partial charge in [0.1, 0.15) is 0 Å². The molecule has 1 atom stereocenters. The number of carboxylic acids is 1. The van der Waals surface area contributed by atoms with E-state index < -0.39 is 5.97 Å². The summed E-state index contributed by atoms with van der Waals surface area (Å²) in [4.78, 5) is 35.5. The van der Waals surface area contributed by atoms with Gasteiger partial charge < -0.3 is 15.3 Å². The highest BCUT2D eigenvalue weighted by molar-refractivity contribution is 5.79. The zero-order valence-electron chi connectivity index (χ0n) is 12.9. The minimum Gasteiger partial charge on any atom is -0.481 e. The highest BCUT2D eigenvalue weighted by Gasteiger charge is 2.19. The quantitative estimate of drug-likeness (QED) is 0.763. The number of rotatable bonds is 8. The van der Waals surface area contributed by atoms with Gasteiger partial charge >= 0.3 is 5.97 Å². The Hall–Kier alpha value is -2.37. The lowest BCUT2D eigenvalue weighted by Crippen LogP contribution is -2.34. The van der Waals surface area contributed by atoms with Crippen molar-refractivity contribution >= 4 is 17.8 Å². The summed E-state index contributed by atoms with van der Waals surface area (Å²) >= 11 is 0. The fourth-order valence-corrected chi connectivity index (χ4v) is 2.11. The van der Waals surface area contributed by atoms with Gasteiger partial charge in [0, 0.05) is 26.9 Å². The maximum absolute atomic E-state index is 12.2. The summed E-state index contributed by atoms with van der Waals surface area (Å²) in [6, 6.07) is 8.91. The van der Waals surface area contributed by atoms with Gasteiger partial charge in [-0.05, 0) is 12.0 Å². The Kier molecular flexibility index (Phi) is 7.08. The number of carbonyl (C=O) groups is 3. The van der Waals surface area contributed by atoms with E-state index in [9.17, 15) is 14.4 Å². The third-order valence-corrected chi connectivity index (χ3v) is 3.27. The molecule has 0 heterocycles. The molecule has 2 N–H and O–H groups in total. The molecular formula is C16H22N2O4. The van der Waals surface area contributed by atoms with Crippen molar-refractivity contribution < 1.29 is 19.5 Å². The Morgan fingerprint density at radius 1 is 1.23 bits per heavy atom. The minimum atomic E-state index is -0.874. The highest BCUT2D eigenvalue weighted by Crippen LogP contribution is 2.17. The number of benzene rings is 1. The predicted molar refractivity (Wildman–Crippen MR) is 82.1 cm³/mol. The van der Waals surface area contributed by atoms with Gasteiger partial charge in [0.25, 0.3) is 0 Å². The van der Waals surface area contributed by atoms with E-state index in [1.165, 1.54) is 11.8 Å². The van der Waals surface area contributed by atoms with Crippen molar-refractivity contribution in [2.45, 2.75) is 32.2 Å². The summed E-state index contributed by atoms with van der Waals surface area (Å²) in [5, 5.41) is 11.4. The van der Waals surface area contributed by atoms with E-state index >= 15 is 0 Å². The number of nitrogens with zero attached hydrogens (tertiary/aromatic N) is 1. The van der Waals surface area contributed by atoms with Gasteiger partial charge in [0.2, 0.25) is 11.8 Å². The van der Waals surface area contributed by atoms with Crippen molar-refractivity contribution in [1.82, 2.24) is 10.2 Å². The van der Waals surface area contributed by atoms with E-state index in [0.717, 1.165) is 5.56 Å². The minimum absolute atomic E-state index is 0.0332. The molecule has 0 saturated heterocycles. The molecule has 6 nitrogen and oxygen atoms in total. The normalized spacial score (nSPS) is 11.5. The summed E-state index contributed by atoms with van der Waals surface area (Å²) in [6.07, 6.45) is 0.590. The van der Waals surface area contributed by atoms with Crippen molar-refractivity contribution in [2.75, 3.05) is 13.6 Å². The fourth-order valence-electron chi connectivity index (χ4n) is 2.11. The van der Waals surface area contributed by atoms with E-state index in [4.69, 9.17) is 5.11 Å². The summed E-state index contributed by atoms with van der Waals surface area (Å²) in [7, 11) is 1.64. The van der Waals surface area contributed by atoms with Gasteiger partial charge in [-0.3, -0.25) is 14.4 Å². The number of hydrogen-bond acceptors (Lipinski definition) is 3. The molecule has 0 spiro atoms. The SMILES string of the molecule is CC(=O)NC(CC(=O)N(C)CCCC(=O)O)c1ccccc1. The molecule has 0 saturated carbocycles. The Bertz CT molecular complexity index is 516. The van der Waals surface area contributed by atoms with E-state index in [1.807, 2.05) is 30.3 Å². The maximum atomic E-state index is 12.2. The van der Waals surface area contributed by atoms with Crippen molar-refractivity contribution in [1.29, 1.82) is 0 Å². The molecule has 0 bridgehead atoms. The lowest BCUT2D eigenvalue weighted by Gasteiger charge is -2.22. The molecule has 120 valence electrons. The van der Waals surface area contributed by atoms with Crippen molar-refractivity contribution in [3.05, 3.63) is 35.9 Å². The van der Waals surface area contributed by atoms with Gasteiger partial charge in [-0.15, -0.1) is 0 Å². The van der Waals surface area contributed by atoms with Gasteiger partial charge in [-0.2, -0.15) is 0 Å². The first-order valence-corrected chi connectivity index (χ1v) is 7.18. The number of aliphatic carboxylic acids is 1.